The predicted molar refractivity (Wildman–Crippen MR) is 91.5 cm³/mol. The monoisotopic (exact) mass is 331 g/mol. The molecular weight excluding hydrogens is 306 g/mol. The van der Waals surface area contributed by atoms with Crippen LogP contribution in [0, 0.1) is 13.8 Å². The number of aryl methyl sites for hydroxylation is 2. The molecule has 6 nitrogen and oxygen atoms in total. The van der Waals surface area contributed by atoms with Crippen LogP contribution < -0.4 is 10.6 Å². The van der Waals surface area contributed by atoms with Crippen LogP contribution in [0.4, 0.5) is 4.79 Å². The van der Waals surface area contributed by atoms with Crippen LogP contribution in [0.15, 0.2) is 34.9 Å². The van der Waals surface area contributed by atoms with Gasteiger partial charge < -0.3 is 20.3 Å². The summed E-state index contributed by atoms with van der Waals surface area (Å²) in [5, 5.41) is 19.8. The fourth-order valence-electron chi connectivity index (χ4n) is 2.85. The van der Waals surface area contributed by atoms with Crippen LogP contribution >= 0.6 is 0 Å². The van der Waals surface area contributed by atoms with Gasteiger partial charge >= 0.3 is 6.03 Å². The van der Waals surface area contributed by atoms with E-state index in [0.717, 1.165) is 16.8 Å². The topological polar surface area (TPSA) is 87.4 Å². The van der Waals surface area contributed by atoms with Gasteiger partial charge in [-0.25, -0.2) is 4.79 Å². The minimum atomic E-state index is -0.610. The molecule has 6 heteroatoms. The van der Waals surface area contributed by atoms with Crippen molar-refractivity contribution in [1.29, 1.82) is 0 Å². The van der Waals surface area contributed by atoms with Crippen LogP contribution in [-0.2, 0) is 0 Å². The molecule has 3 N–H and O–H groups in total. The highest BCUT2D eigenvalue weighted by Gasteiger charge is 2.20. The molecule has 0 aliphatic rings. The summed E-state index contributed by atoms with van der Waals surface area (Å²) in [7, 11) is 0. The van der Waals surface area contributed by atoms with Gasteiger partial charge in [-0.2, -0.15) is 0 Å². The summed E-state index contributed by atoms with van der Waals surface area (Å²) in [5.74, 6) is 0.702. The number of aromatic nitrogens is 1. The molecule has 24 heavy (non-hydrogen) atoms. The molecular formula is C18H25N3O3. The van der Waals surface area contributed by atoms with Gasteiger partial charge in [0.1, 0.15) is 5.76 Å². The number of carbonyl (C=O) groups excluding carboxylic acids is 1. The standard InChI is InChI=1S/C18H25N3O3/c1-11(10-16(22)15-8-6-5-7-9-15)19-18(23)20-12(2)17-13(3)21-24-14(17)4/h5-9,11-12,16,22H,10H2,1-4H3,(H2,19,20,23)/t11-,12+,16+/m1/s1. The van der Waals surface area contributed by atoms with E-state index in [-0.39, 0.29) is 18.1 Å². The molecule has 0 bridgehead atoms. The number of carbonyl (C=O) groups is 1. The SMILES string of the molecule is Cc1noc(C)c1[C@H](C)NC(=O)N[C@H](C)C[C@H](O)c1ccccc1. The van der Waals surface area contributed by atoms with Crippen LogP contribution in [0.5, 0.6) is 0 Å². The maximum Gasteiger partial charge on any atom is 0.315 e. The lowest BCUT2D eigenvalue weighted by atomic mass is 10.0. The van der Waals surface area contributed by atoms with E-state index in [9.17, 15) is 9.90 Å². The van der Waals surface area contributed by atoms with Gasteiger partial charge in [-0.15, -0.1) is 0 Å². The van der Waals surface area contributed by atoms with Gasteiger partial charge in [0, 0.05) is 11.6 Å². The largest absolute Gasteiger partial charge is 0.388 e. The maximum atomic E-state index is 12.1. The Balaban J connectivity index is 1.85. The van der Waals surface area contributed by atoms with Gasteiger partial charge in [0.05, 0.1) is 17.8 Å². The molecule has 0 radical (unpaired) electrons. The number of benzene rings is 1. The zero-order valence-electron chi connectivity index (χ0n) is 14.5. The first-order valence-electron chi connectivity index (χ1n) is 8.11. The number of urea groups is 1. The Kier molecular flexibility index (Phi) is 5.98. The van der Waals surface area contributed by atoms with Crippen LogP contribution in [0.2, 0.25) is 0 Å². The molecule has 0 saturated heterocycles. The number of hydrogen-bond donors (Lipinski definition) is 3. The van der Waals surface area contributed by atoms with Crippen LogP contribution in [-0.4, -0.2) is 22.3 Å². The van der Waals surface area contributed by atoms with Crippen LogP contribution in [0.25, 0.3) is 0 Å². The van der Waals surface area contributed by atoms with Crippen LogP contribution in [0.1, 0.15) is 55.0 Å². The third kappa shape index (κ3) is 4.58. The number of nitrogens with one attached hydrogen (secondary N) is 2. The molecule has 2 aromatic rings. The van der Waals surface area contributed by atoms with E-state index in [4.69, 9.17) is 4.52 Å². The lowest BCUT2D eigenvalue weighted by Gasteiger charge is -2.20. The van der Waals surface area contributed by atoms with Gasteiger partial charge in [0.15, 0.2) is 0 Å². The smallest absolute Gasteiger partial charge is 0.315 e. The summed E-state index contributed by atoms with van der Waals surface area (Å²) < 4.78 is 5.13. The third-order valence-electron chi connectivity index (χ3n) is 4.01. The lowest BCUT2D eigenvalue weighted by Crippen LogP contribution is -2.42. The number of amides is 2. The van der Waals surface area contributed by atoms with Gasteiger partial charge in [0.2, 0.25) is 0 Å². The van der Waals surface area contributed by atoms with E-state index in [1.807, 2.05) is 58.0 Å². The van der Waals surface area contributed by atoms with Crippen LogP contribution in [0.3, 0.4) is 0 Å². The van der Waals surface area contributed by atoms with Gasteiger partial charge in [-0.1, -0.05) is 35.5 Å². The molecule has 1 aromatic carbocycles. The van der Waals surface area contributed by atoms with Crippen molar-refractivity contribution in [2.45, 2.75) is 52.3 Å². The highest BCUT2D eigenvalue weighted by molar-refractivity contribution is 5.74. The number of aliphatic hydroxyl groups is 1. The number of aliphatic hydroxyl groups excluding tert-OH is 1. The highest BCUT2D eigenvalue weighted by atomic mass is 16.5. The summed E-state index contributed by atoms with van der Waals surface area (Å²) in [5.41, 5.74) is 2.51. The molecule has 0 unspecified atom stereocenters. The summed E-state index contributed by atoms with van der Waals surface area (Å²) in [4.78, 5) is 12.1. The van der Waals surface area contributed by atoms with Crippen molar-refractivity contribution in [2.24, 2.45) is 0 Å². The summed E-state index contributed by atoms with van der Waals surface area (Å²) in [6.07, 6.45) is -0.168. The normalized spacial score (nSPS) is 14.7. The second-order valence-electron chi connectivity index (χ2n) is 6.14. The molecule has 1 aromatic heterocycles. The molecule has 0 saturated carbocycles. The molecule has 2 amide bonds. The van der Waals surface area contributed by atoms with Crippen molar-refractivity contribution in [3.63, 3.8) is 0 Å². The zero-order valence-corrected chi connectivity index (χ0v) is 14.5. The molecule has 0 spiro atoms. The summed E-state index contributed by atoms with van der Waals surface area (Å²) in [6.45, 7) is 7.42. The fraction of sp³-hybridized carbons (Fsp3) is 0.444. The predicted octanol–water partition coefficient (Wildman–Crippen LogP) is 3.16. The molecule has 1 heterocycles. The number of nitrogens with zero attached hydrogens (tertiary/aromatic N) is 1. The Morgan fingerprint density at radius 3 is 2.46 bits per heavy atom. The molecule has 130 valence electrons. The van der Waals surface area contributed by atoms with E-state index >= 15 is 0 Å². The Hall–Kier alpha value is -2.34. The summed E-state index contributed by atoms with van der Waals surface area (Å²) in [6, 6.07) is 8.76. The van der Waals surface area contributed by atoms with Crippen molar-refractivity contribution in [2.75, 3.05) is 0 Å². The van der Waals surface area contributed by atoms with E-state index < -0.39 is 6.10 Å². The maximum absolute atomic E-state index is 12.1. The Bertz CT molecular complexity index is 650. The summed E-state index contributed by atoms with van der Waals surface area (Å²) >= 11 is 0. The second kappa shape index (κ2) is 7.97. The third-order valence-corrected chi connectivity index (χ3v) is 4.01. The van der Waals surface area contributed by atoms with Crippen molar-refractivity contribution >= 4 is 6.03 Å². The Morgan fingerprint density at radius 1 is 1.21 bits per heavy atom. The fourth-order valence-corrected chi connectivity index (χ4v) is 2.85. The first kappa shape index (κ1) is 18.0. The molecule has 0 aliphatic carbocycles. The Morgan fingerprint density at radius 2 is 1.88 bits per heavy atom. The molecule has 0 aliphatic heterocycles. The average molecular weight is 331 g/mol. The average Bonchev–Trinajstić information content (AvgIpc) is 2.86. The number of hydrogen-bond acceptors (Lipinski definition) is 4. The first-order chi connectivity index (χ1) is 11.4. The molecule has 2 rings (SSSR count). The lowest BCUT2D eigenvalue weighted by molar-refractivity contribution is 0.154. The van der Waals surface area contributed by atoms with E-state index in [2.05, 4.69) is 15.8 Å². The minimum absolute atomic E-state index is 0.169. The zero-order chi connectivity index (χ0) is 17.7. The van der Waals surface area contributed by atoms with E-state index in [1.165, 1.54) is 0 Å². The minimum Gasteiger partial charge on any atom is -0.388 e. The van der Waals surface area contributed by atoms with E-state index in [1.54, 1.807) is 0 Å². The molecule has 3 atom stereocenters. The quantitative estimate of drug-likeness (QED) is 0.759. The second-order valence-corrected chi connectivity index (χ2v) is 6.14. The van der Waals surface area contributed by atoms with Crippen molar-refractivity contribution in [1.82, 2.24) is 15.8 Å². The first-order valence-corrected chi connectivity index (χ1v) is 8.11. The van der Waals surface area contributed by atoms with Crippen molar-refractivity contribution in [3.05, 3.63) is 52.9 Å². The van der Waals surface area contributed by atoms with Gasteiger partial charge in [0.25, 0.3) is 0 Å². The Labute approximate surface area is 142 Å². The van der Waals surface area contributed by atoms with Crippen molar-refractivity contribution < 1.29 is 14.4 Å². The number of rotatable bonds is 6. The highest BCUT2D eigenvalue weighted by Crippen LogP contribution is 2.21. The van der Waals surface area contributed by atoms with Gasteiger partial charge in [-0.05, 0) is 39.7 Å². The van der Waals surface area contributed by atoms with Gasteiger partial charge in [-0.3, -0.25) is 0 Å². The van der Waals surface area contributed by atoms with Crippen molar-refractivity contribution in [3.8, 4) is 0 Å². The van der Waals surface area contributed by atoms with E-state index in [0.29, 0.717) is 12.2 Å². The molecule has 0 fully saturated rings.